The minimum absolute atomic E-state index is 0.0896. The lowest BCUT2D eigenvalue weighted by atomic mass is 10.1. The number of hydrogen-bond donors (Lipinski definition) is 3. The van der Waals surface area contributed by atoms with Crippen LogP contribution in [-0.4, -0.2) is 31.4 Å². The van der Waals surface area contributed by atoms with E-state index < -0.39 is 0 Å². The SMILES string of the molecule is COc1cccc(NC(=O)c2ccccc2NC(=O)CCNC(=O)Cc2ccccc2)c1. The summed E-state index contributed by atoms with van der Waals surface area (Å²) in [4.78, 5) is 37.1. The number of nitrogens with one attached hydrogen (secondary N) is 3. The fourth-order valence-corrected chi connectivity index (χ4v) is 3.06. The molecule has 0 radical (unpaired) electrons. The van der Waals surface area contributed by atoms with Gasteiger partial charge in [0.15, 0.2) is 0 Å². The van der Waals surface area contributed by atoms with E-state index in [4.69, 9.17) is 4.74 Å². The van der Waals surface area contributed by atoms with Gasteiger partial charge in [-0.1, -0.05) is 48.5 Å². The molecule has 0 aliphatic carbocycles. The lowest BCUT2D eigenvalue weighted by Crippen LogP contribution is -2.29. The molecule has 0 unspecified atom stereocenters. The third kappa shape index (κ3) is 6.70. The van der Waals surface area contributed by atoms with Crippen molar-refractivity contribution >= 4 is 29.1 Å². The van der Waals surface area contributed by atoms with Crippen LogP contribution in [0.5, 0.6) is 5.75 Å². The maximum Gasteiger partial charge on any atom is 0.257 e. The van der Waals surface area contributed by atoms with Gasteiger partial charge in [0.2, 0.25) is 11.8 Å². The summed E-state index contributed by atoms with van der Waals surface area (Å²) in [6, 6.07) is 23.1. The van der Waals surface area contributed by atoms with Gasteiger partial charge in [0.1, 0.15) is 5.75 Å². The molecular weight excluding hydrogens is 406 g/mol. The summed E-state index contributed by atoms with van der Waals surface area (Å²) in [5.41, 5.74) is 2.22. The average molecular weight is 431 g/mol. The first-order valence-corrected chi connectivity index (χ1v) is 10.2. The van der Waals surface area contributed by atoms with E-state index in [-0.39, 0.29) is 37.1 Å². The number of hydrogen-bond acceptors (Lipinski definition) is 4. The van der Waals surface area contributed by atoms with Crippen molar-refractivity contribution in [3.05, 3.63) is 90.0 Å². The van der Waals surface area contributed by atoms with E-state index in [9.17, 15) is 14.4 Å². The van der Waals surface area contributed by atoms with Gasteiger partial charge >= 0.3 is 0 Å². The molecule has 0 aliphatic rings. The second-order valence-electron chi connectivity index (χ2n) is 7.04. The Morgan fingerprint density at radius 1 is 0.812 bits per heavy atom. The van der Waals surface area contributed by atoms with Crippen LogP contribution >= 0.6 is 0 Å². The van der Waals surface area contributed by atoms with E-state index in [2.05, 4.69) is 16.0 Å². The Labute approximate surface area is 186 Å². The molecule has 3 N–H and O–H groups in total. The van der Waals surface area contributed by atoms with Gasteiger partial charge in [-0.3, -0.25) is 14.4 Å². The average Bonchev–Trinajstić information content (AvgIpc) is 2.80. The van der Waals surface area contributed by atoms with Crippen molar-refractivity contribution in [2.75, 3.05) is 24.3 Å². The van der Waals surface area contributed by atoms with Gasteiger partial charge < -0.3 is 20.7 Å². The summed E-state index contributed by atoms with van der Waals surface area (Å²) >= 11 is 0. The normalized spacial score (nSPS) is 10.2. The Morgan fingerprint density at radius 2 is 1.56 bits per heavy atom. The Hall–Kier alpha value is -4.13. The highest BCUT2D eigenvalue weighted by molar-refractivity contribution is 6.10. The number of methoxy groups -OCH3 is 1. The minimum Gasteiger partial charge on any atom is -0.497 e. The van der Waals surface area contributed by atoms with Crippen LogP contribution in [0.1, 0.15) is 22.3 Å². The number of carbonyl (C=O) groups excluding carboxylic acids is 3. The highest BCUT2D eigenvalue weighted by Crippen LogP contribution is 2.20. The van der Waals surface area contributed by atoms with Crippen molar-refractivity contribution in [3.63, 3.8) is 0 Å². The molecule has 0 aromatic heterocycles. The fraction of sp³-hybridized carbons (Fsp3) is 0.160. The van der Waals surface area contributed by atoms with E-state index in [0.29, 0.717) is 22.7 Å². The molecule has 3 aromatic carbocycles. The van der Waals surface area contributed by atoms with E-state index in [0.717, 1.165) is 5.56 Å². The molecular formula is C25H25N3O4. The second-order valence-corrected chi connectivity index (χ2v) is 7.04. The Kier molecular flexibility index (Phi) is 7.97. The van der Waals surface area contributed by atoms with Crippen LogP contribution in [0, 0.1) is 0 Å². The number of rotatable bonds is 9. The molecule has 3 rings (SSSR count). The maximum absolute atomic E-state index is 12.7. The van der Waals surface area contributed by atoms with Crippen LogP contribution in [-0.2, 0) is 16.0 Å². The minimum atomic E-state index is -0.356. The summed E-state index contributed by atoms with van der Waals surface area (Å²) < 4.78 is 5.17. The zero-order valence-corrected chi connectivity index (χ0v) is 17.8. The first-order chi connectivity index (χ1) is 15.5. The van der Waals surface area contributed by atoms with Crippen molar-refractivity contribution in [3.8, 4) is 5.75 Å². The largest absolute Gasteiger partial charge is 0.497 e. The smallest absolute Gasteiger partial charge is 0.257 e. The van der Waals surface area contributed by atoms with Crippen LogP contribution in [0.15, 0.2) is 78.9 Å². The lowest BCUT2D eigenvalue weighted by Gasteiger charge is -2.12. The predicted octanol–water partition coefficient (Wildman–Crippen LogP) is 3.64. The molecule has 0 saturated heterocycles. The quantitative estimate of drug-likeness (QED) is 0.482. The van der Waals surface area contributed by atoms with Crippen LogP contribution in [0.4, 0.5) is 11.4 Å². The number of anilines is 2. The second kappa shape index (κ2) is 11.3. The summed E-state index contributed by atoms with van der Waals surface area (Å²) in [7, 11) is 1.55. The van der Waals surface area contributed by atoms with E-state index in [1.54, 1.807) is 55.6 Å². The van der Waals surface area contributed by atoms with E-state index in [1.807, 2.05) is 30.3 Å². The van der Waals surface area contributed by atoms with E-state index >= 15 is 0 Å². The first kappa shape index (κ1) is 22.6. The number of ether oxygens (including phenoxy) is 1. The molecule has 7 heteroatoms. The van der Waals surface area contributed by atoms with Crippen molar-refractivity contribution in [1.82, 2.24) is 5.32 Å². The molecule has 32 heavy (non-hydrogen) atoms. The van der Waals surface area contributed by atoms with Crippen molar-refractivity contribution < 1.29 is 19.1 Å². The van der Waals surface area contributed by atoms with Crippen LogP contribution in [0.3, 0.4) is 0 Å². The topological polar surface area (TPSA) is 96.5 Å². The van der Waals surface area contributed by atoms with Gasteiger partial charge in [0.05, 0.1) is 24.8 Å². The zero-order valence-electron chi connectivity index (χ0n) is 17.8. The molecule has 0 heterocycles. The van der Waals surface area contributed by atoms with Crippen LogP contribution in [0.25, 0.3) is 0 Å². The highest BCUT2D eigenvalue weighted by Gasteiger charge is 2.14. The standard InChI is InChI=1S/C25H25N3O4/c1-32-20-11-7-10-19(17-20)27-25(31)21-12-5-6-13-22(21)28-23(29)14-15-26-24(30)16-18-8-3-2-4-9-18/h2-13,17H,14-16H2,1H3,(H,26,30)(H,27,31)(H,28,29). The molecule has 3 amide bonds. The molecule has 0 fully saturated rings. The third-order valence-corrected chi connectivity index (χ3v) is 4.66. The Balaban J connectivity index is 1.53. The van der Waals surface area contributed by atoms with Gasteiger partial charge in [-0.15, -0.1) is 0 Å². The van der Waals surface area contributed by atoms with Gasteiger partial charge in [-0.25, -0.2) is 0 Å². The van der Waals surface area contributed by atoms with Crippen LogP contribution < -0.4 is 20.7 Å². The summed E-state index contributed by atoms with van der Waals surface area (Å²) in [5, 5.41) is 8.29. The predicted molar refractivity (Wildman–Crippen MR) is 124 cm³/mol. The fourth-order valence-electron chi connectivity index (χ4n) is 3.06. The lowest BCUT2D eigenvalue weighted by molar-refractivity contribution is -0.120. The third-order valence-electron chi connectivity index (χ3n) is 4.66. The molecule has 0 aliphatic heterocycles. The molecule has 0 spiro atoms. The zero-order chi connectivity index (χ0) is 22.8. The number of para-hydroxylation sites is 1. The van der Waals surface area contributed by atoms with Crippen molar-refractivity contribution in [2.45, 2.75) is 12.8 Å². The molecule has 164 valence electrons. The highest BCUT2D eigenvalue weighted by atomic mass is 16.5. The number of amides is 3. The summed E-state index contributed by atoms with van der Waals surface area (Å²) in [5.74, 6) is -0.183. The summed E-state index contributed by atoms with van der Waals surface area (Å²) in [6.45, 7) is 0.204. The maximum atomic E-state index is 12.7. The van der Waals surface area contributed by atoms with Gasteiger partial charge in [-0.2, -0.15) is 0 Å². The number of benzene rings is 3. The summed E-state index contributed by atoms with van der Waals surface area (Å²) in [6.07, 6.45) is 0.349. The van der Waals surface area contributed by atoms with Gasteiger partial charge in [0, 0.05) is 24.7 Å². The monoisotopic (exact) mass is 431 g/mol. The molecule has 0 saturated carbocycles. The Bertz CT molecular complexity index is 1080. The Morgan fingerprint density at radius 3 is 2.34 bits per heavy atom. The molecule has 0 atom stereocenters. The molecule has 0 bridgehead atoms. The van der Waals surface area contributed by atoms with Gasteiger partial charge in [0.25, 0.3) is 5.91 Å². The van der Waals surface area contributed by atoms with Crippen LogP contribution in [0.2, 0.25) is 0 Å². The van der Waals surface area contributed by atoms with Crippen molar-refractivity contribution in [1.29, 1.82) is 0 Å². The molecule has 7 nitrogen and oxygen atoms in total. The first-order valence-electron chi connectivity index (χ1n) is 10.2. The van der Waals surface area contributed by atoms with Gasteiger partial charge in [-0.05, 0) is 29.8 Å². The molecule has 3 aromatic rings. The van der Waals surface area contributed by atoms with Crippen molar-refractivity contribution in [2.24, 2.45) is 0 Å². The van der Waals surface area contributed by atoms with E-state index in [1.165, 1.54) is 0 Å². The number of carbonyl (C=O) groups is 3.